The number of aromatic hydroxyl groups is 1. The van der Waals surface area contributed by atoms with Gasteiger partial charge in [0.1, 0.15) is 18.1 Å². The smallest absolute Gasteiger partial charge is 0.120 e. The molecule has 0 unspecified atom stereocenters. The van der Waals surface area contributed by atoms with Gasteiger partial charge in [0, 0.05) is 0 Å². The van der Waals surface area contributed by atoms with Crippen molar-refractivity contribution < 1.29 is 9.84 Å². The molecule has 1 aliphatic rings. The number of benzene rings is 1. The highest BCUT2D eigenvalue weighted by molar-refractivity contribution is 5.31. The summed E-state index contributed by atoms with van der Waals surface area (Å²) >= 11 is 0. The first-order chi connectivity index (χ1) is 7.34. The average Bonchev–Trinajstić information content (AvgIpc) is 2.30. The summed E-state index contributed by atoms with van der Waals surface area (Å²) in [5.41, 5.74) is 1.22. The van der Waals surface area contributed by atoms with E-state index in [1.165, 1.54) is 5.57 Å². The normalized spacial score (nSPS) is 14.8. The molecule has 1 aliphatic carbocycles. The minimum absolute atomic E-state index is 0.263. The summed E-state index contributed by atoms with van der Waals surface area (Å²) in [5.74, 6) is 1.05. The topological polar surface area (TPSA) is 29.5 Å². The molecule has 2 rings (SSSR count). The van der Waals surface area contributed by atoms with Crippen LogP contribution < -0.4 is 4.74 Å². The molecule has 0 aromatic heterocycles. The number of phenols is 1. The van der Waals surface area contributed by atoms with E-state index in [9.17, 15) is 0 Å². The SMILES string of the molecule is Oc1ccc(OCC2=CCCC=C2)cc1. The lowest BCUT2D eigenvalue weighted by Crippen LogP contribution is -2.00. The molecule has 0 atom stereocenters. The van der Waals surface area contributed by atoms with Crippen LogP contribution in [0.5, 0.6) is 11.5 Å². The molecule has 0 saturated carbocycles. The number of ether oxygens (including phenoxy) is 1. The van der Waals surface area contributed by atoms with Crippen LogP contribution in [0.3, 0.4) is 0 Å². The lowest BCUT2D eigenvalue weighted by Gasteiger charge is -2.09. The van der Waals surface area contributed by atoms with Gasteiger partial charge in [0.05, 0.1) is 0 Å². The van der Waals surface area contributed by atoms with Crippen LogP contribution in [0.4, 0.5) is 0 Å². The van der Waals surface area contributed by atoms with Crippen LogP contribution in [0.2, 0.25) is 0 Å². The van der Waals surface area contributed by atoms with Gasteiger partial charge in [-0.15, -0.1) is 0 Å². The summed E-state index contributed by atoms with van der Waals surface area (Å²) in [4.78, 5) is 0. The van der Waals surface area contributed by atoms with E-state index in [0.29, 0.717) is 6.61 Å². The van der Waals surface area contributed by atoms with Gasteiger partial charge in [-0.3, -0.25) is 0 Å². The van der Waals surface area contributed by atoms with E-state index in [1.54, 1.807) is 24.3 Å². The molecule has 1 aromatic carbocycles. The Kier molecular flexibility index (Phi) is 3.08. The summed E-state index contributed by atoms with van der Waals surface area (Å²) in [5, 5.41) is 9.10. The van der Waals surface area contributed by atoms with Gasteiger partial charge >= 0.3 is 0 Å². The molecule has 1 aromatic rings. The van der Waals surface area contributed by atoms with Gasteiger partial charge in [0.15, 0.2) is 0 Å². The third-order valence-corrected chi connectivity index (χ3v) is 2.31. The van der Waals surface area contributed by atoms with E-state index in [4.69, 9.17) is 9.84 Å². The molecule has 0 fully saturated rings. The summed E-state index contributed by atoms with van der Waals surface area (Å²) < 4.78 is 5.57. The first-order valence-electron chi connectivity index (χ1n) is 5.12. The van der Waals surface area contributed by atoms with Crippen molar-refractivity contribution in [1.29, 1.82) is 0 Å². The monoisotopic (exact) mass is 202 g/mol. The minimum Gasteiger partial charge on any atom is -0.508 e. The second kappa shape index (κ2) is 4.69. The molecule has 0 amide bonds. The summed E-state index contributed by atoms with van der Waals surface area (Å²) in [6.45, 7) is 0.598. The molecule has 0 aliphatic heterocycles. The maximum atomic E-state index is 9.10. The van der Waals surface area contributed by atoms with Crippen LogP contribution in [0.15, 0.2) is 48.1 Å². The zero-order valence-electron chi connectivity index (χ0n) is 8.52. The zero-order valence-corrected chi connectivity index (χ0v) is 8.52. The molecule has 0 bridgehead atoms. The van der Waals surface area contributed by atoms with E-state index >= 15 is 0 Å². The number of hydrogen-bond donors (Lipinski definition) is 1. The largest absolute Gasteiger partial charge is 0.508 e. The van der Waals surface area contributed by atoms with E-state index in [-0.39, 0.29) is 5.75 Å². The Bertz CT molecular complexity index is 374. The molecular weight excluding hydrogens is 188 g/mol. The maximum absolute atomic E-state index is 9.10. The van der Waals surface area contributed by atoms with Crippen molar-refractivity contribution in [2.45, 2.75) is 12.8 Å². The van der Waals surface area contributed by atoms with Crippen molar-refractivity contribution in [1.82, 2.24) is 0 Å². The molecule has 0 saturated heterocycles. The summed E-state index contributed by atoms with van der Waals surface area (Å²) in [6, 6.07) is 6.78. The minimum atomic E-state index is 0.263. The molecule has 1 N–H and O–H groups in total. The van der Waals surface area contributed by atoms with Gasteiger partial charge in [-0.2, -0.15) is 0 Å². The fourth-order valence-electron chi connectivity index (χ4n) is 1.48. The van der Waals surface area contributed by atoms with Crippen LogP contribution >= 0.6 is 0 Å². The Hall–Kier alpha value is -1.70. The Morgan fingerprint density at radius 3 is 2.60 bits per heavy atom. The molecule has 0 heterocycles. The molecule has 0 spiro atoms. The fourth-order valence-corrected chi connectivity index (χ4v) is 1.48. The zero-order chi connectivity index (χ0) is 10.5. The van der Waals surface area contributed by atoms with Crippen molar-refractivity contribution >= 4 is 0 Å². The first kappa shape index (κ1) is 9.84. The van der Waals surface area contributed by atoms with E-state index in [0.717, 1.165) is 18.6 Å². The number of allylic oxidation sites excluding steroid dienone is 2. The van der Waals surface area contributed by atoms with Crippen LogP contribution in [-0.2, 0) is 0 Å². The van der Waals surface area contributed by atoms with Gasteiger partial charge in [-0.05, 0) is 42.7 Å². The number of hydrogen-bond acceptors (Lipinski definition) is 2. The second-order valence-corrected chi connectivity index (χ2v) is 3.54. The summed E-state index contributed by atoms with van der Waals surface area (Å²) in [6.07, 6.45) is 8.69. The average molecular weight is 202 g/mol. The van der Waals surface area contributed by atoms with Crippen molar-refractivity contribution in [3.05, 3.63) is 48.1 Å². The van der Waals surface area contributed by atoms with E-state index < -0.39 is 0 Å². The second-order valence-electron chi connectivity index (χ2n) is 3.54. The fraction of sp³-hybridized carbons (Fsp3) is 0.231. The van der Waals surface area contributed by atoms with Crippen LogP contribution in [0.1, 0.15) is 12.8 Å². The highest BCUT2D eigenvalue weighted by Crippen LogP contribution is 2.17. The summed E-state index contributed by atoms with van der Waals surface area (Å²) in [7, 11) is 0. The van der Waals surface area contributed by atoms with Gasteiger partial charge in [-0.1, -0.05) is 18.2 Å². The number of rotatable bonds is 3. The van der Waals surface area contributed by atoms with Gasteiger partial charge in [0.2, 0.25) is 0 Å². The Morgan fingerprint density at radius 1 is 1.13 bits per heavy atom. The van der Waals surface area contributed by atoms with Crippen LogP contribution in [0, 0.1) is 0 Å². The van der Waals surface area contributed by atoms with E-state index in [1.807, 2.05) is 0 Å². The lowest BCUT2D eigenvalue weighted by atomic mass is 10.1. The Labute approximate surface area is 89.5 Å². The predicted octanol–water partition coefficient (Wildman–Crippen LogP) is 3.05. The highest BCUT2D eigenvalue weighted by Gasteiger charge is 1.99. The first-order valence-corrected chi connectivity index (χ1v) is 5.12. The molecule has 2 nitrogen and oxygen atoms in total. The van der Waals surface area contributed by atoms with Crippen molar-refractivity contribution in [3.63, 3.8) is 0 Å². The molecule has 78 valence electrons. The lowest BCUT2D eigenvalue weighted by molar-refractivity contribution is 0.353. The predicted molar refractivity (Wildman–Crippen MR) is 60.1 cm³/mol. The molecular formula is C13H14O2. The molecule has 15 heavy (non-hydrogen) atoms. The third kappa shape index (κ3) is 2.88. The standard InChI is InChI=1S/C13H14O2/c14-12-6-8-13(9-7-12)15-10-11-4-2-1-3-5-11/h2,4-9,14H,1,3,10H2. The van der Waals surface area contributed by atoms with Gasteiger partial charge in [0.25, 0.3) is 0 Å². The number of phenolic OH excluding ortho intramolecular Hbond substituents is 1. The Morgan fingerprint density at radius 2 is 1.93 bits per heavy atom. The van der Waals surface area contributed by atoms with Crippen molar-refractivity contribution in [2.24, 2.45) is 0 Å². The quantitative estimate of drug-likeness (QED) is 0.816. The van der Waals surface area contributed by atoms with E-state index in [2.05, 4.69) is 18.2 Å². The molecule has 2 heteroatoms. The van der Waals surface area contributed by atoms with Crippen LogP contribution in [0.25, 0.3) is 0 Å². The Balaban J connectivity index is 1.90. The highest BCUT2D eigenvalue weighted by atomic mass is 16.5. The van der Waals surface area contributed by atoms with Crippen molar-refractivity contribution in [3.8, 4) is 11.5 Å². The van der Waals surface area contributed by atoms with Crippen molar-refractivity contribution in [2.75, 3.05) is 6.61 Å². The van der Waals surface area contributed by atoms with Crippen LogP contribution in [-0.4, -0.2) is 11.7 Å². The third-order valence-electron chi connectivity index (χ3n) is 2.31. The maximum Gasteiger partial charge on any atom is 0.120 e. The van der Waals surface area contributed by atoms with Gasteiger partial charge < -0.3 is 9.84 Å². The van der Waals surface area contributed by atoms with Gasteiger partial charge in [-0.25, -0.2) is 0 Å². The molecule has 0 radical (unpaired) electrons.